The summed E-state index contributed by atoms with van der Waals surface area (Å²) in [5.74, 6) is -0.273. The highest BCUT2D eigenvalue weighted by molar-refractivity contribution is 6.00. The van der Waals surface area contributed by atoms with E-state index in [1.807, 2.05) is 30.6 Å². The lowest BCUT2D eigenvalue weighted by Crippen LogP contribution is -2.11. The first kappa shape index (κ1) is 21.1. The van der Waals surface area contributed by atoms with E-state index in [0.29, 0.717) is 0 Å². The number of benzene rings is 1. The van der Waals surface area contributed by atoms with Crippen molar-refractivity contribution in [1.29, 1.82) is 0 Å². The van der Waals surface area contributed by atoms with Crippen molar-refractivity contribution in [3.63, 3.8) is 0 Å². The Morgan fingerprint density at radius 1 is 0.857 bits per heavy atom. The number of aromatic nitrogens is 6. The molecule has 0 fully saturated rings. The molecule has 0 amide bonds. The second kappa shape index (κ2) is 8.73. The van der Waals surface area contributed by atoms with Gasteiger partial charge in [0.1, 0.15) is 11.5 Å². The minimum atomic E-state index is -0.273. The Hall–Kier alpha value is -4.43. The molecule has 1 aromatic carbocycles. The number of fused-ring (bicyclic) bond motifs is 2. The molecule has 0 aliphatic carbocycles. The third-order valence-corrected chi connectivity index (χ3v) is 6.04. The number of aromatic amines is 2. The lowest BCUT2D eigenvalue weighted by Gasteiger charge is -2.05. The molecule has 5 aromatic heterocycles. The van der Waals surface area contributed by atoms with Gasteiger partial charge < -0.3 is 10.3 Å². The molecule has 8 heteroatoms. The molecule has 6 aromatic rings. The van der Waals surface area contributed by atoms with Crippen molar-refractivity contribution in [3.05, 3.63) is 84.7 Å². The van der Waals surface area contributed by atoms with Crippen molar-refractivity contribution in [3.8, 4) is 33.9 Å². The van der Waals surface area contributed by atoms with Crippen LogP contribution in [0.2, 0.25) is 0 Å². The summed E-state index contributed by atoms with van der Waals surface area (Å²) in [6.45, 7) is 3.74. The zero-order chi connectivity index (χ0) is 23.8. The Balaban J connectivity index is 1.43. The highest BCUT2D eigenvalue weighted by Gasteiger charge is 2.15. The van der Waals surface area contributed by atoms with Gasteiger partial charge in [-0.05, 0) is 60.6 Å². The zero-order valence-corrected chi connectivity index (χ0v) is 19.0. The predicted molar refractivity (Wildman–Crippen MR) is 135 cm³/mol. The van der Waals surface area contributed by atoms with Gasteiger partial charge in [0.2, 0.25) is 0 Å². The summed E-state index contributed by atoms with van der Waals surface area (Å²) in [6, 6.07) is 14.5. The Bertz CT molecular complexity index is 1650. The molecule has 0 aliphatic rings. The van der Waals surface area contributed by atoms with Crippen molar-refractivity contribution >= 4 is 21.8 Å². The SMILES string of the molecule is CCNCc1cncc(-c2cc3c(-c4cc5c(-c6ccc(F)cc6)nccc5[nH]4)n[nH]c3cn2)c1. The number of nitrogens with one attached hydrogen (secondary N) is 3. The summed E-state index contributed by atoms with van der Waals surface area (Å²) in [5.41, 5.74) is 7.96. The molecule has 6 rings (SSSR count). The van der Waals surface area contributed by atoms with Gasteiger partial charge in [-0.25, -0.2) is 4.39 Å². The molecule has 0 saturated heterocycles. The molecular formula is C27H22FN7. The summed E-state index contributed by atoms with van der Waals surface area (Å²) in [6.07, 6.45) is 7.24. The molecule has 0 spiro atoms. The fourth-order valence-corrected chi connectivity index (χ4v) is 4.29. The maximum absolute atomic E-state index is 13.4. The van der Waals surface area contributed by atoms with E-state index < -0.39 is 0 Å². The molecular weight excluding hydrogens is 441 g/mol. The van der Waals surface area contributed by atoms with Gasteiger partial charge in [-0.15, -0.1) is 0 Å². The molecule has 5 heterocycles. The fourth-order valence-electron chi connectivity index (χ4n) is 4.29. The van der Waals surface area contributed by atoms with E-state index in [1.165, 1.54) is 12.1 Å². The van der Waals surface area contributed by atoms with Crippen molar-refractivity contribution in [2.24, 2.45) is 0 Å². The van der Waals surface area contributed by atoms with Crippen LogP contribution in [0.3, 0.4) is 0 Å². The van der Waals surface area contributed by atoms with Crippen LogP contribution in [0.5, 0.6) is 0 Å². The van der Waals surface area contributed by atoms with E-state index >= 15 is 0 Å². The van der Waals surface area contributed by atoms with Crippen LogP contribution >= 0.6 is 0 Å². The largest absolute Gasteiger partial charge is 0.353 e. The first-order chi connectivity index (χ1) is 17.2. The fraction of sp³-hybridized carbons (Fsp3) is 0.111. The summed E-state index contributed by atoms with van der Waals surface area (Å²) in [4.78, 5) is 17.0. The molecule has 172 valence electrons. The Kier molecular flexibility index (Phi) is 5.27. The van der Waals surface area contributed by atoms with Crippen molar-refractivity contribution in [2.75, 3.05) is 6.54 Å². The summed E-state index contributed by atoms with van der Waals surface area (Å²) in [7, 11) is 0. The average molecular weight is 464 g/mol. The number of pyridine rings is 3. The van der Waals surface area contributed by atoms with Crippen molar-refractivity contribution < 1.29 is 4.39 Å². The lowest BCUT2D eigenvalue weighted by atomic mass is 10.1. The normalized spacial score (nSPS) is 11.5. The molecule has 7 nitrogen and oxygen atoms in total. The van der Waals surface area contributed by atoms with Crippen LogP contribution in [0.1, 0.15) is 12.5 Å². The summed E-state index contributed by atoms with van der Waals surface area (Å²) in [5, 5.41) is 12.9. The highest BCUT2D eigenvalue weighted by Crippen LogP contribution is 2.33. The van der Waals surface area contributed by atoms with E-state index in [-0.39, 0.29) is 5.82 Å². The van der Waals surface area contributed by atoms with Gasteiger partial charge in [0.05, 0.1) is 28.8 Å². The van der Waals surface area contributed by atoms with Crippen molar-refractivity contribution in [2.45, 2.75) is 13.5 Å². The molecule has 3 N–H and O–H groups in total. The van der Waals surface area contributed by atoms with Gasteiger partial charge in [-0.1, -0.05) is 6.92 Å². The van der Waals surface area contributed by atoms with Crippen molar-refractivity contribution in [1.82, 2.24) is 35.5 Å². The maximum Gasteiger partial charge on any atom is 0.123 e. The van der Waals surface area contributed by atoms with Crippen LogP contribution in [-0.4, -0.2) is 36.7 Å². The molecule has 35 heavy (non-hydrogen) atoms. The van der Waals surface area contributed by atoms with Gasteiger partial charge in [0.25, 0.3) is 0 Å². The first-order valence-electron chi connectivity index (χ1n) is 11.4. The second-order valence-electron chi connectivity index (χ2n) is 8.36. The predicted octanol–water partition coefficient (Wildman–Crippen LogP) is 5.48. The van der Waals surface area contributed by atoms with E-state index in [2.05, 4.69) is 48.4 Å². The Morgan fingerprint density at radius 3 is 2.57 bits per heavy atom. The smallest absolute Gasteiger partial charge is 0.123 e. The lowest BCUT2D eigenvalue weighted by molar-refractivity contribution is 0.628. The standard InChI is InChI=1S/C27H22FN7/c1-2-29-12-16-9-18(14-30-13-16)23-10-21-25(15-32-23)34-35-27(21)24-11-20-22(33-24)7-8-31-26(20)17-3-5-19(28)6-4-17/h3-11,13-15,29,33H,2,12H2,1H3,(H,34,35). The Labute approximate surface area is 200 Å². The number of hydrogen-bond donors (Lipinski definition) is 3. The van der Waals surface area contributed by atoms with Crippen LogP contribution in [0.15, 0.2) is 73.3 Å². The third kappa shape index (κ3) is 3.94. The number of rotatable bonds is 6. The van der Waals surface area contributed by atoms with Crippen LogP contribution in [0.25, 0.3) is 55.7 Å². The quantitative estimate of drug-likeness (QED) is 0.304. The van der Waals surface area contributed by atoms with E-state index in [1.54, 1.807) is 24.5 Å². The minimum absolute atomic E-state index is 0.273. The first-order valence-corrected chi connectivity index (χ1v) is 11.4. The second-order valence-corrected chi connectivity index (χ2v) is 8.36. The van der Waals surface area contributed by atoms with Gasteiger partial charge in [-0.2, -0.15) is 5.10 Å². The molecule has 0 atom stereocenters. The summed E-state index contributed by atoms with van der Waals surface area (Å²) < 4.78 is 13.4. The number of nitrogens with zero attached hydrogens (tertiary/aromatic N) is 4. The van der Waals surface area contributed by atoms with Gasteiger partial charge in [0.15, 0.2) is 0 Å². The molecule has 0 radical (unpaired) electrons. The van der Waals surface area contributed by atoms with Crippen LogP contribution in [0, 0.1) is 5.82 Å². The molecule has 0 bridgehead atoms. The molecule has 0 unspecified atom stereocenters. The van der Waals surface area contributed by atoms with E-state index in [4.69, 9.17) is 0 Å². The average Bonchev–Trinajstić information content (AvgIpc) is 3.51. The van der Waals surface area contributed by atoms with Gasteiger partial charge in [0, 0.05) is 52.6 Å². The van der Waals surface area contributed by atoms with Crippen LogP contribution in [-0.2, 0) is 6.54 Å². The Morgan fingerprint density at radius 2 is 1.71 bits per heavy atom. The van der Waals surface area contributed by atoms with Gasteiger partial charge >= 0.3 is 0 Å². The number of hydrogen-bond acceptors (Lipinski definition) is 5. The molecule has 0 saturated carbocycles. The van der Waals surface area contributed by atoms with E-state index in [0.717, 1.165) is 74.4 Å². The minimum Gasteiger partial charge on any atom is -0.353 e. The third-order valence-electron chi connectivity index (χ3n) is 6.04. The maximum atomic E-state index is 13.4. The van der Waals surface area contributed by atoms with Crippen LogP contribution in [0.4, 0.5) is 4.39 Å². The summed E-state index contributed by atoms with van der Waals surface area (Å²) >= 11 is 0. The van der Waals surface area contributed by atoms with Crippen LogP contribution < -0.4 is 5.32 Å². The van der Waals surface area contributed by atoms with E-state index in [9.17, 15) is 4.39 Å². The zero-order valence-electron chi connectivity index (χ0n) is 19.0. The highest BCUT2D eigenvalue weighted by atomic mass is 19.1. The monoisotopic (exact) mass is 463 g/mol. The topological polar surface area (TPSA) is 95.2 Å². The van der Waals surface area contributed by atoms with Gasteiger partial charge in [-0.3, -0.25) is 20.1 Å². The molecule has 0 aliphatic heterocycles. The number of H-pyrrole nitrogens is 2. The number of halogens is 1.